The molecule has 6 heteroatoms. The first-order valence-corrected chi connectivity index (χ1v) is 7.83. The minimum Gasteiger partial charge on any atom is -0.469 e. The van der Waals surface area contributed by atoms with E-state index in [1.807, 2.05) is 31.2 Å². The number of rotatable bonds is 3. The van der Waals surface area contributed by atoms with E-state index in [-0.39, 0.29) is 5.91 Å². The van der Waals surface area contributed by atoms with Crippen molar-refractivity contribution in [1.82, 2.24) is 4.98 Å². The number of anilines is 1. The largest absolute Gasteiger partial charge is 0.469 e. The van der Waals surface area contributed by atoms with E-state index in [0.717, 1.165) is 16.1 Å². The van der Waals surface area contributed by atoms with Gasteiger partial charge in [0.25, 0.3) is 5.91 Å². The van der Waals surface area contributed by atoms with Crippen LogP contribution in [0.4, 0.5) is 5.13 Å². The Morgan fingerprint density at radius 3 is 2.82 bits per heavy atom. The van der Waals surface area contributed by atoms with Crippen molar-refractivity contribution in [2.45, 2.75) is 13.8 Å². The molecule has 2 aromatic heterocycles. The summed E-state index contributed by atoms with van der Waals surface area (Å²) in [4.78, 5) is 17.7. The van der Waals surface area contributed by atoms with Crippen molar-refractivity contribution in [1.29, 1.82) is 0 Å². The van der Waals surface area contributed by atoms with Gasteiger partial charge in [-0.2, -0.15) is 0 Å². The normalized spacial score (nSPS) is 10.7. The van der Waals surface area contributed by atoms with Crippen molar-refractivity contribution in [3.63, 3.8) is 0 Å². The molecule has 22 heavy (non-hydrogen) atoms. The number of aromatic nitrogens is 1. The highest BCUT2D eigenvalue weighted by Gasteiger charge is 2.15. The van der Waals surface area contributed by atoms with Crippen molar-refractivity contribution in [2.75, 3.05) is 5.32 Å². The lowest BCUT2D eigenvalue weighted by Gasteiger charge is -2.00. The minimum atomic E-state index is -0.224. The van der Waals surface area contributed by atoms with Crippen LogP contribution in [0.15, 0.2) is 41.0 Å². The minimum absolute atomic E-state index is 0.224. The Bertz CT molecular complexity index is 838. The molecule has 1 amide bonds. The van der Waals surface area contributed by atoms with Gasteiger partial charge in [0.15, 0.2) is 5.13 Å². The molecule has 0 aliphatic rings. The van der Waals surface area contributed by atoms with Crippen LogP contribution < -0.4 is 5.32 Å². The van der Waals surface area contributed by atoms with E-state index in [1.54, 1.807) is 13.0 Å². The lowest BCUT2D eigenvalue weighted by atomic mass is 10.1. The van der Waals surface area contributed by atoms with E-state index in [2.05, 4.69) is 10.3 Å². The number of hydrogen-bond donors (Lipinski definition) is 1. The molecule has 0 bridgehead atoms. The molecular formula is C16H13ClN2O2S. The smallest absolute Gasteiger partial charge is 0.260 e. The third kappa shape index (κ3) is 2.91. The van der Waals surface area contributed by atoms with E-state index in [1.165, 1.54) is 17.6 Å². The topological polar surface area (TPSA) is 55.1 Å². The number of aryl methyl sites for hydroxylation is 2. The van der Waals surface area contributed by atoms with Crippen LogP contribution in [0.2, 0.25) is 5.02 Å². The van der Waals surface area contributed by atoms with Crippen molar-refractivity contribution in [2.24, 2.45) is 0 Å². The van der Waals surface area contributed by atoms with Gasteiger partial charge in [0.05, 0.1) is 17.5 Å². The Hall–Kier alpha value is -2.11. The molecule has 0 aliphatic carbocycles. The average molecular weight is 333 g/mol. The molecule has 112 valence electrons. The summed E-state index contributed by atoms with van der Waals surface area (Å²) >= 11 is 7.45. The summed E-state index contributed by atoms with van der Waals surface area (Å²) < 4.78 is 5.14. The van der Waals surface area contributed by atoms with Gasteiger partial charge < -0.3 is 4.42 Å². The zero-order valence-electron chi connectivity index (χ0n) is 12.0. The molecule has 0 spiro atoms. The molecule has 0 saturated carbocycles. The summed E-state index contributed by atoms with van der Waals surface area (Å²) in [5, 5.41) is 4.02. The predicted octanol–water partition coefficient (Wildman–Crippen LogP) is 4.93. The second kappa shape index (κ2) is 5.94. The number of carbonyl (C=O) groups excluding carboxylic acids is 1. The van der Waals surface area contributed by atoms with Crippen molar-refractivity contribution in [3.05, 3.63) is 57.8 Å². The number of carbonyl (C=O) groups is 1. The Balaban J connectivity index is 1.87. The molecule has 1 N–H and O–H groups in total. The number of amides is 1. The van der Waals surface area contributed by atoms with Crippen LogP contribution in [0.5, 0.6) is 0 Å². The molecule has 0 radical (unpaired) electrons. The van der Waals surface area contributed by atoms with Crippen molar-refractivity contribution < 1.29 is 9.21 Å². The van der Waals surface area contributed by atoms with E-state index in [0.29, 0.717) is 21.5 Å². The van der Waals surface area contributed by atoms with Gasteiger partial charge in [-0.05, 0) is 32.0 Å². The molecule has 0 fully saturated rings. The van der Waals surface area contributed by atoms with Gasteiger partial charge in [-0.3, -0.25) is 10.1 Å². The van der Waals surface area contributed by atoms with Crippen LogP contribution in [-0.4, -0.2) is 10.9 Å². The van der Waals surface area contributed by atoms with Gasteiger partial charge in [0.2, 0.25) is 0 Å². The summed E-state index contributed by atoms with van der Waals surface area (Å²) in [6.07, 6.45) is 1.49. The molecule has 3 rings (SSSR count). The van der Waals surface area contributed by atoms with Gasteiger partial charge in [0.1, 0.15) is 5.76 Å². The Kier molecular flexibility index (Phi) is 4.00. The first kappa shape index (κ1) is 14.8. The van der Waals surface area contributed by atoms with E-state index in [4.69, 9.17) is 16.0 Å². The first-order chi connectivity index (χ1) is 10.5. The number of thiazole rings is 1. The fraction of sp³-hybridized carbons (Fsp3) is 0.125. The van der Waals surface area contributed by atoms with Crippen LogP contribution in [0.1, 0.15) is 21.0 Å². The fourth-order valence-corrected chi connectivity index (χ4v) is 3.16. The van der Waals surface area contributed by atoms with Gasteiger partial charge in [-0.1, -0.05) is 23.7 Å². The van der Waals surface area contributed by atoms with Gasteiger partial charge >= 0.3 is 0 Å². The van der Waals surface area contributed by atoms with Crippen LogP contribution in [0.3, 0.4) is 0 Å². The molecule has 2 heterocycles. The number of furan rings is 1. The third-order valence-corrected chi connectivity index (χ3v) is 4.34. The molecule has 0 atom stereocenters. The maximum Gasteiger partial charge on any atom is 0.260 e. The van der Waals surface area contributed by atoms with Crippen LogP contribution in [-0.2, 0) is 0 Å². The molecule has 1 aromatic carbocycles. The molecule has 0 saturated heterocycles. The summed E-state index contributed by atoms with van der Waals surface area (Å²) in [6, 6.07) is 9.14. The fourth-order valence-electron chi connectivity index (χ4n) is 2.14. The molecular weight excluding hydrogens is 320 g/mol. The van der Waals surface area contributed by atoms with Gasteiger partial charge in [0, 0.05) is 15.5 Å². The lowest BCUT2D eigenvalue weighted by molar-refractivity contribution is 0.102. The summed E-state index contributed by atoms with van der Waals surface area (Å²) in [7, 11) is 0. The van der Waals surface area contributed by atoms with Crippen molar-refractivity contribution >= 4 is 34.0 Å². The van der Waals surface area contributed by atoms with Crippen molar-refractivity contribution in [3.8, 4) is 11.3 Å². The molecule has 0 unspecified atom stereocenters. The van der Waals surface area contributed by atoms with E-state index < -0.39 is 0 Å². The number of halogens is 1. The number of nitrogens with zero attached hydrogens (tertiary/aromatic N) is 1. The second-order valence-electron chi connectivity index (χ2n) is 4.78. The van der Waals surface area contributed by atoms with Crippen LogP contribution in [0.25, 0.3) is 11.3 Å². The molecule has 4 nitrogen and oxygen atoms in total. The molecule has 0 aliphatic heterocycles. The Labute approximate surface area is 136 Å². The Morgan fingerprint density at radius 1 is 1.32 bits per heavy atom. The summed E-state index contributed by atoms with van der Waals surface area (Å²) in [5.41, 5.74) is 2.27. The zero-order valence-corrected chi connectivity index (χ0v) is 13.6. The lowest BCUT2D eigenvalue weighted by Crippen LogP contribution is -2.11. The number of hydrogen-bond acceptors (Lipinski definition) is 4. The monoisotopic (exact) mass is 332 g/mol. The summed E-state index contributed by atoms with van der Waals surface area (Å²) in [6.45, 7) is 3.71. The molecule has 3 aromatic rings. The SMILES string of the molecule is Cc1occc1C(=O)Nc1nc(-c2cccc(Cl)c2)c(C)s1. The van der Waals surface area contributed by atoms with Gasteiger partial charge in [-0.15, -0.1) is 11.3 Å². The first-order valence-electron chi connectivity index (χ1n) is 6.63. The number of benzene rings is 1. The average Bonchev–Trinajstić information content (AvgIpc) is 3.05. The van der Waals surface area contributed by atoms with Crippen LogP contribution >= 0.6 is 22.9 Å². The zero-order chi connectivity index (χ0) is 15.7. The van der Waals surface area contributed by atoms with Gasteiger partial charge in [-0.25, -0.2) is 4.98 Å². The number of nitrogens with one attached hydrogen (secondary N) is 1. The second-order valence-corrected chi connectivity index (χ2v) is 6.42. The summed E-state index contributed by atoms with van der Waals surface area (Å²) in [5.74, 6) is 0.360. The van der Waals surface area contributed by atoms with E-state index >= 15 is 0 Å². The maximum atomic E-state index is 12.2. The highest BCUT2D eigenvalue weighted by molar-refractivity contribution is 7.16. The predicted molar refractivity (Wildman–Crippen MR) is 88.7 cm³/mol. The Morgan fingerprint density at radius 2 is 2.14 bits per heavy atom. The quantitative estimate of drug-likeness (QED) is 0.740. The standard InChI is InChI=1S/C16H13ClN2O2S/c1-9-13(6-7-21-9)15(20)19-16-18-14(10(2)22-16)11-4-3-5-12(17)8-11/h3-8H,1-2H3,(H,18,19,20). The highest BCUT2D eigenvalue weighted by Crippen LogP contribution is 2.31. The maximum absolute atomic E-state index is 12.2. The van der Waals surface area contributed by atoms with E-state index in [9.17, 15) is 4.79 Å². The third-order valence-electron chi connectivity index (χ3n) is 3.22. The highest BCUT2D eigenvalue weighted by atomic mass is 35.5. The van der Waals surface area contributed by atoms with Crippen LogP contribution in [0, 0.1) is 13.8 Å².